The van der Waals surface area contributed by atoms with Gasteiger partial charge >= 0.3 is 0 Å². The number of hydrogen-bond donors (Lipinski definition) is 1. The van der Waals surface area contributed by atoms with Gasteiger partial charge in [-0.15, -0.1) is 5.10 Å². The molecule has 0 aliphatic rings. The molecule has 1 aromatic heterocycles. The fraction of sp³-hybridized carbons (Fsp3) is 0.385. The zero-order valence-corrected chi connectivity index (χ0v) is 14.7. The molecule has 0 spiro atoms. The van der Waals surface area contributed by atoms with Crippen LogP contribution >= 0.6 is 31.9 Å². The minimum atomic E-state index is 0.0107. The third-order valence-corrected chi connectivity index (χ3v) is 4.20. The Hall–Kier alpha value is -0.920. The lowest BCUT2D eigenvalue weighted by atomic mass is 10.0. The van der Waals surface area contributed by atoms with Gasteiger partial charge in [0, 0.05) is 7.05 Å². The van der Waals surface area contributed by atoms with E-state index in [1.807, 2.05) is 25.2 Å². The molecule has 0 aliphatic carbocycles. The van der Waals surface area contributed by atoms with E-state index in [1.165, 1.54) is 0 Å². The van der Waals surface area contributed by atoms with E-state index >= 15 is 0 Å². The standard InChI is InChI=1S/C13H16Br2N4O/c1-4-16-11(12-13(15)17-18-19(12)2)8-5-6-10(20-3)9(14)7-8/h5-7,11,16H,4H2,1-3H3. The Morgan fingerprint density at radius 1 is 1.40 bits per heavy atom. The molecule has 108 valence electrons. The van der Waals surface area contributed by atoms with E-state index in [0.717, 1.165) is 32.6 Å². The van der Waals surface area contributed by atoms with E-state index in [1.54, 1.807) is 11.8 Å². The van der Waals surface area contributed by atoms with Crippen LogP contribution < -0.4 is 10.1 Å². The normalized spacial score (nSPS) is 12.4. The van der Waals surface area contributed by atoms with Gasteiger partial charge in [0.2, 0.25) is 0 Å². The number of hydrogen-bond acceptors (Lipinski definition) is 4. The second-order valence-electron chi connectivity index (χ2n) is 4.27. The number of rotatable bonds is 5. The number of nitrogens with one attached hydrogen (secondary N) is 1. The van der Waals surface area contributed by atoms with Crippen molar-refractivity contribution in [3.63, 3.8) is 0 Å². The second kappa shape index (κ2) is 6.69. The van der Waals surface area contributed by atoms with Gasteiger partial charge in [0.25, 0.3) is 0 Å². The summed E-state index contributed by atoms with van der Waals surface area (Å²) in [5.41, 5.74) is 2.11. The Balaban J connectivity index is 2.46. The molecular formula is C13H16Br2N4O. The number of methoxy groups -OCH3 is 1. The minimum Gasteiger partial charge on any atom is -0.496 e. The summed E-state index contributed by atoms with van der Waals surface area (Å²) < 4.78 is 8.72. The first-order valence-electron chi connectivity index (χ1n) is 6.20. The van der Waals surface area contributed by atoms with Crippen molar-refractivity contribution in [3.8, 4) is 5.75 Å². The highest BCUT2D eigenvalue weighted by molar-refractivity contribution is 9.10. The molecule has 7 heteroatoms. The van der Waals surface area contributed by atoms with Crippen LogP contribution in [0.1, 0.15) is 24.2 Å². The van der Waals surface area contributed by atoms with Gasteiger partial charge in [0.15, 0.2) is 4.60 Å². The maximum absolute atomic E-state index is 5.27. The number of aryl methyl sites for hydroxylation is 1. The quantitative estimate of drug-likeness (QED) is 0.833. The third-order valence-electron chi connectivity index (χ3n) is 3.02. The minimum absolute atomic E-state index is 0.0107. The molecule has 5 nitrogen and oxygen atoms in total. The van der Waals surface area contributed by atoms with Crippen LogP contribution in [-0.4, -0.2) is 28.6 Å². The molecular weight excluding hydrogens is 388 g/mol. The van der Waals surface area contributed by atoms with Gasteiger partial charge in [0.05, 0.1) is 23.3 Å². The van der Waals surface area contributed by atoms with Crippen molar-refractivity contribution in [3.05, 3.63) is 38.5 Å². The van der Waals surface area contributed by atoms with Crippen LogP contribution in [0.4, 0.5) is 0 Å². The van der Waals surface area contributed by atoms with E-state index in [-0.39, 0.29) is 6.04 Å². The third kappa shape index (κ3) is 3.05. The highest BCUT2D eigenvalue weighted by atomic mass is 79.9. The molecule has 2 rings (SSSR count). The fourth-order valence-corrected chi connectivity index (χ4v) is 3.20. The lowest BCUT2D eigenvalue weighted by Gasteiger charge is -2.19. The van der Waals surface area contributed by atoms with Crippen LogP contribution in [0, 0.1) is 0 Å². The Kier molecular flexibility index (Phi) is 5.17. The highest BCUT2D eigenvalue weighted by Crippen LogP contribution is 2.32. The molecule has 0 saturated heterocycles. The van der Waals surface area contributed by atoms with Crippen LogP contribution in [-0.2, 0) is 7.05 Å². The summed E-state index contributed by atoms with van der Waals surface area (Å²) in [6.07, 6.45) is 0. The van der Waals surface area contributed by atoms with Gasteiger partial charge in [0.1, 0.15) is 5.75 Å². The van der Waals surface area contributed by atoms with Crippen molar-refractivity contribution >= 4 is 31.9 Å². The maximum Gasteiger partial charge on any atom is 0.153 e. The lowest BCUT2D eigenvalue weighted by molar-refractivity contribution is 0.411. The topological polar surface area (TPSA) is 52.0 Å². The second-order valence-corrected chi connectivity index (χ2v) is 5.88. The molecule has 1 unspecified atom stereocenters. The predicted octanol–water partition coefficient (Wildman–Crippen LogP) is 3.05. The van der Waals surface area contributed by atoms with E-state index in [0.29, 0.717) is 0 Å². The van der Waals surface area contributed by atoms with Gasteiger partial charge in [-0.25, -0.2) is 4.68 Å². The van der Waals surface area contributed by atoms with Crippen molar-refractivity contribution in [1.29, 1.82) is 0 Å². The number of ether oxygens (including phenoxy) is 1. The summed E-state index contributed by atoms with van der Waals surface area (Å²) in [6.45, 7) is 2.91. The summed E-state index contributed by atoms with van der Waals surface area (Å²) in [6, 6.07) is 6.04. The molecule has 0 aliphatic heterocycles. The van der Waals surface area contributed by atoms with Crippen molar-refractivity contribution < 1.29 is 4.74 Å². The zero-order valence-electron chi connectivity index (χ0n) is 11.5. The average molecular weight is 404 g/mol. The first-order valence-corrected chi connectivity index (χ1v) is 7.79. The van der Waals surface area contributed by atoms with Crippen molar-refractivity contribution in [1.82, 2.24) is 20.3 Å². The first kappa shape index (κ1) is 15.5. The summed E-state index contributed by atoms with van der Waals surface area (Å²) in [5, 5.41) is 11.6. The summed E-state index contributed by atoms with van der Waals surface area (Å²) >= 11 is 6.99. The van der Waals surface area contributed by atoms with Crippen molar-refractivity contribution in [2.24, 2.45) is 7.05 Å². The Morgan fingerprint density at radius 3 is 2.65 bits per heavy atom. The molecule has 0 bridgehead atoms. The van der Waals surface area contributed by atoms with Crippen LogP contribution in [0.25, 0.3) is 0 Å². The monoisotopic (exact) mass is 402 g/mol. The maximum atomic E-state index is 5.27. The van der Waals surface area contributed by atoms with Gasteiger partial charge < -0.3 is 10.1 Å². The summed E-state index contributed by atoms with van der Waals surface area (Å²) in [7, 11) is 3.54. The highest BCUT2D eigenvalue weighted by Gasteiger charge is 2.21. The molecule has 2 aromatic rings. The average Bonchev–Trinajstić information content (AvgIpc) is 2.76. The molecule has 1 aromatic carbocycles. The Labute approximate surface area is 135 Å². The summed E-state index contributed by atoms with van der Waals surface area (Å²) in [5.74, 6) is 0.811. The number of halogens is 2. The van der Waals surface area contributed by atoms with Crippen LogP contribution in [0.3, 0.4) is 0 Å². The zero-order chi connectivity index (χ0) is 14.7. The Bertz CT molecular complexity index is 581. The smallest absolute Gasteiger partial charge is 0.153 e. The van der Waals surface area contributed by atoms with E-state index in [2.05, 4.69) is 54.4 Å². The van der Waals surface area contributed by atoms with Crippen LogP contribution in [0.15, 0.2) is 27.3 Å². The molecule has 0 amide bonds. The predicted molar refractivity (Wildman–Crippen MR) is 84.9 cm³/mol. The lowest BCUT2D eigenvalue weighted by Crippen LogP contribution is -2.24. The molecule has 1 heterocycles. The van der Waals surface area contributed by atoms with E-state index in [4.69, 9.17) is 4.74 Å². The van der Waals surface area contributed by atoms with Crippen molar-refractivity contribution in [2.45, 2.75) is 13.0 Å². The number of nitrogens with zero attached hydrogens (tertiary/aromatic N) is 3. The SMILES string of the molecule is CCNC(c1ccc(OC)c(Br)c1)c1c(Br)nnn1C. The van der Waals surface area contributed by atoms with Gasteiger partial charge in [-0.2, -0.15) is 0 Å². The largest absolute Gasteiger partial charge is 0.496 e. The molecule has 0 radical (unpaired) electrons. The first-order chi connectivity index (χ1) is 9.58. The molecule has 0 fully saturated rings. The Morgan fingerprint density at radius 2 is 2.15 bits per heavy atom. The fourth-order valence-electron chi connectivity index (χ4n) is 2.08. The molecule has 1 N–H and O–H groups in total. The molecule has 20 heavy (non-hydrogen) atoms. The number of aromatic nitrogens is 3. The number of benzene rings is 1. The molecule has 1 atom stereocenters. The van der Waals surface area contributed by atoms with Crippen LogP contribution in [0.5, 0.6) is 5.75 Å². The van der Waals surface area contributed by atoms with Gasteiger partial charge in [-0.05, 0) is 56.1 Å². The van der Waals surface area contributed by atoms with E-state index in [9.17, 15) is 0 Å². The van der Waals surface area contributed by atoms with Crippen molar-refractivity contribution in [2.75, 3.05) is 13.7 Å². The van der Waals surface area contributed by atoms with Gasteiger partial charge in [-0.3, -0.25) is 0 Å². The van der Waals surface area contributed by atoms with Crippen LogP contribution in [0.2, 0.25) is 0 Å². The van der Waals surface area contributed by atoms with Gasteiger partial charge in [-0.1, -0.05) is 18.2 Å². The molecule has 0 saturated carbocycles. The van der Waals surface area contributed by atoms with E-state index < -0.39 is 0 Å². The summed E-state index contributed by atoms with van der Waals surface area (Å²) in [4.78, 5) is 0.